The maximum absolute atomic E-state index is 12.3. The molecule has 1 saturated heterocycles. The molecule has 3 aromatic rings. The van der Waals surface area contributed by atoms with E-state index in [2.05, 4.69) is 10.3 Å². The van der Waals surface area contributed by atoms with Crippen LogP contribution in [-0.4, -0.2) is 58.2 Å². The Morgan fingerprint density at radius 3 is 2.76 bits per heavy atom. The van der Waals surface area contributed by atoms with Crippen LogP contribution >= 0.6 is 0 Å². The number of hydrogen-bond acceptors (Lipinski definition) is 5. The molecule has 172 valence electrons. The van der Waals surface area contributed by atoms with Crippen LogP contribution in [0, 0.1) is 0 Å². The Morgan fingerprint density at radius 2 is 2.06 bits per heavy atom. The Labute approximate surface area is 193 Å². The van der Waals surface area contributed by atoms with Gasteiger partial charge in [0.15, 0.2) is 0 Å². The first-order chi connectivity index (χ1) is 16.1. The molecule has 33 heavy (non-hydrogen) atoms. The van der Waals surface area contributed by atoms with E-state index in [0.717, 1.165) is 47.8 Å². The molecule has 0 saturated carbocycles. The number of aryl methyl sites for hydroxylation is 1. The summed E-state index contributed by atoms with van der Waals surface area (Å²) in [6.45, 7) is 2.12. The minimum absolute atomic E-state index is 0.00956. The molecule has 1 aliphatic heterocycles. The van der Waals surface area contributed by atoms with Crippen LogP contribution in [0.2, 0.25) is 0 Å². The molecule has 2 amide bonds. The molecular weight excluding hydrogens is 418 g/mol. The van der Waals surface area contributed by atoms with E-state index in [9.17, 15) is 9.59 Å². The number of rotatable bonds is 10. The third-order valence-corrected chi connectivity index (χ3v) is 5.74. The summed E-state index contributed by atoms with van der Waals surface area (Å²) in [4.78, 5) is 30.1. The van der Waals surface area contributed by atoms with Gasteiger partial charge in [-0.3, -0.25) is 14.6 Å². The van der Waals surface area contributed by atoms with Crippen molar-refractivity contribution in [3.05, 3.63) is 60.6 Å². The highest BCUT2D eigenvalue weighted by Crippen LogP contribution is 2.25. The van der Waals surface area contributed by atoms with Gasteiger partial charge in [0.25, 0.3) is 0 Å². The fourth-order valence-electron chi connectivity index (χ4n) is 3.96. The summed E-state index contributed by atoms with van der Waals surface area (Å²) in [5, 5.41) is 7.72. The fourth-order valence-corrected chi connectivity index (χ4v) is 3.96. The Bertz CT molecular complexity index is 1080. The highest BCUT2D eigenvalue weighted by Gasteiger charge is 2.19. The first kappa shape index (κ1) is 22.5. The summed E-state index contributed by atoms with van der Waals surface area (Å²) >= 11 is 0. The topological polar surface area (TPSA) is 89.4 Å². The number of carbonyl (C=O) groups is 2. The number of carbonyl (C=O) groups excluding carboxylic acids is 2. The quantitative estimate of drug-likeness (QED) is 0.483. The van der Waals surface area contributed by atoms with Gasteiger partial charge in [-0.15, -0.1) is 0 Å². The van der Waals surface area contributed by atoms with Crippen molar-refractivity contribution < 1.29 is 14.3 Å². The van der Waals surface area contributed by atoms with E-state index in [0.29, 0.717) is 32.4 Å². The number of aromatic nitrogens is 3. The summed E-state index contributed by atoms with van der Waals surface area (Å²) in [7, 11) is 1.64. The summed E-state index contributed by atoms with van der Waals surface area (Å²) < 4.78 is 7.13. The molecule has 0 spiro atoms. The maximum atomic E-state index is 12.3. The van der Waals surface area contributed by atoms with E-state index in [1.165, 1.54) is 0 Å². The lowest BCUT2D eigenvalue weighted by Crippen LogP contribution is -2.30. The van der Waals surface area contributed by atoms with Gasteiger partial charge in [-0.2, -0.15) is 5.10 Å². The van der Waals surface area contributed by atoms with E-state index in [4.69, 9.17) is 9.84 Å². The van der Waals surface area contributed by atoms with Gasteiger partial charge in [0.2, 0.25) is 11.8 Å². The SMILES string of the molecule is COc1ccc(-n2nc(CCC(=O)NCCCN3CCCC3=O)cc2-c2cccnc2)cc1. The van der Waals surface area contributed by atoms with Gasteiger partial charge in [0.1, 0.15) is 5.75 Å². The van der Waals surface area contributed by atoms with Gasteiger partial charge in [0.05, 0.1) is 24.2 Å². The van der Waals surface area contributed by atoms with Crippen LogP contribution in [0.25, 0.3) is 16.9 Å². The maximum Gasteiger partial charge on any atom is 0.222 e. The molecule has 0 unspecified atom stereocenters. The zero-order valence-electron chi connectivity index (χ0n) is 18.9. The van der Waals surface area contributed by atoms with Gasteiger partial charge < -0.3 is 15.0 Å². The predicted molar refractivity (Wildman–Crippen MR) is 125 cm³/mol. The van der Waals surface area contributed by atoms with Crippen LogP contribution in [-0.2, 0) is 16.0 Å². The Morgan fingerprint density at radius 1 is 1.21 bits per heavy atom. The average Bonchev–Trinajstić information content (AvgIpc) is 3.47. The standard InChI is InChI=1S/C25H29N5O3/c1-33-22-10-8-21(9-11-22)30-23(19-5-2-13-26-18-19)17-20(28-30)7-12-24(31)27-14-4-16-29-15-3-6-25(29)32/h2,5,8-11,13,17-18H,3-4,6-7,12,14-16H2,1H3,(H,27,31). The van der Waals surface area contributed by atoms with E-state index in [-0.39, 0.29) is 11.8 Å². The van der Waals surface area contributed by atoms with Crippen molar-refractivity contribution in [2.45, 2.75) is 32.1 Å². The normalized spacial score (nSPS) is 13.4. The van der Waals surface area contributed by atoms with Crippen molar-refractivity contribution in [2.75, 3.05) is 26.7 Å². The van der Waals surface area contributed by atoms with Crippen LogP contribution in [0.5, 0.6) is 5.75 Å². The van der Waals surface area contributed by atoms with E-state index in [1.807, 2.05) is 52.0 Å². The number of pyridine rings is 1. The van der Waals surface area contributed by atoms with Crippen LogP contribution < -0.4 is 10.1 Å². The lowest BCUT2D eigenvalue weighted by atomic mass is 10.1. The molecule has 4 rings (SSSR count). The van der Waals surface area contributed by atoms with Crippen LogP contribution in [0.3, 0.4) is 0 Å². The van der Waals surface area contributed by atoms with Crippen molar-refractivity contribution >= 4 is 11.8 Å². The zero-order chi connectivity index (χ0) is 23.0. The first-order valence-corrected chi connectivity index (χ1v) is 11.3. The van der Waals surface area contributed by atoms with Gasteiger partial charge >= 0.3 is 0 Å². The molecule has 1 aliphatic rings. The molecule has 0 bridgehead atoms. The molecule has 0 aliphatic carbocycles. The Kier molecular flexibility index (Phi) is 7.34. The number of nitrogens with one attached hydrogen (secondary N) is 1. The third kappa shape index (κ3) is 5.77. The highest BCUT2D eigenvalue weighted by atomic mass is 16.5. The lowest BCUT2D eigenvalue weighted by molar-refractivity contribution is -0.127. The van der Waals surface area contributed by atoms with Crippen molar-refractivity contribution in [1.29, 1.82) is 0 Å². The van der Waals surface area contributed by atoms with Gasteiger partial charge in [0, 0.05) is 56.9 Å². The lowest BCUT2D eigenvalue weighted by Gasteiger charge is -2.15. The smallest absolute Gasteiger partial charge is 0.222 e. The van der Waals surface area contributed by atoms with Crippen LogP contribution in [0.15, 0.2) is 54.9 Å². The minimum atomic E-state index is -0.00956. The Balaban J connectivity index is 1.37. The molecule has 8 heteroatoms. The van der Waals surface area contributed by atoms with Gasteiger partial charge in [-0.05, 0) is 55.3 Å². The zero-order valence-corrected chi connectivity index (χ0v) is 18.9. The largest absolute Gasteiger partial charge is 0.497 e. The van der Waals surface area contributed by atoms with Gasteiger partial charge in [-0.25, -0.2) is 4.68 Å². The number of likely N-dealkylation sites (tertiary alicyclic amines) is 1. The minimum Gasteiger partial charge on any atom is -0.497 e. The van der Waals surface area contributed by atoms with Gasteiger partial charge in [-0.1, -0.05) is 0 Å². The molecule has 0 atom stereocenters. The predicted octanol–water partition coefficient (Wildman–Crippen LogP) is 3.00. The fraction of sp³-hybridized carbons (Fsp3) is 0.360. The third-order valence-electron chi connectivity index (χ3n) is 5.74. The summed E-state index contributed by atoms with van der Waals surface area (Å²) in [6.07, 6.45) is 6.80. The molecule has 0 radical (unpaired) electrons. The highest BCUT2D eigenvalue weighted by molar-refractivity contribution is 5.78. The van der Waals surface area contributed by atoms with Crippen LogP contribution in [0.1, 0.15) is 31.4 Å². The second kappa shape index (κ2) is 10.8. The molecule has 8 nitrogen and oxygen atoms in total. The molecule has 1 fully saturated rings. The Hall–Kier alpha value is -3.68. The first-order valence-electron chi connectivity index (χ1n) is 11.3. The molecule has 2 aromatic heterocycles. The van der Waals surface area contributed by atoms with Crippen LogP contribution in [0.4, 0.5) is 0 Å². The second-order valence-corrected chi connectivity index (χ2v) is 8.06. The number of nitrogens with zero attached hydrogens (tertiary/aromatic N) is 4. The van der Waals surface area contributed by atoms with Crippen molar-refractivity contribution in [3.63, 3.8) is 0 Å². The molecule has 1 aromatic carbocycles. The van der Waals surface area contributed by atoms with E-state index in [1.54, 1.807) is 19.5 Å². The number of amides is 2. The molecular formula is C25H29N5O3. The monoisotopic (exact) mass is 447 g/mol. The van der Waals surface area contributed by atoms with E-state index >= 15 is 0 Å². The molecule has 3 heterocycles. The second-order valence-electron chi connectivity index (χ2n) is 8.06. The number of hydrogen-bond donors (Lipinski definition) is 1. The summed E-state index contributed by atoms with van der Waals surface area (Å²) in [6, 6.07) is 13.6. The summed E-state index contributed by atoms with van der Waals surface area (Å²) in [5.41, 5.74) is 3.61. The van der Waals surface area contributed by atoms with Crippen molar-refractivity contribution in [1.82, 2.24) is 25.0 Å². The number of ether oxygens (including phenoxy) is 1. The molecule has 1 N–H and O–H groups in total. The number of methoxy groups -OCH3 is 1. The summed E-state index contributed by atoms with van der Waals surface area (Å²) in [5.74, 6) is 0.989. The number of benzene rings is 1. The van der Waals surface area contributed by atoms with Crippen molar-refractivity contribution in [3.8, 4) is 22.7 Å². The van der Waals surface area contributed by atoms with E-state index < -0.39 is 0 Å². The average molecular weight is 448 g/mol. The van der Waals surface area contributed by atoms with Crippen molar-refractivity contribution in [2.24, 2.45) is 0 Å².